The van der Waals surface area contributed by atoms with Gasteiger partial charge in [-0.15, -0.1) is 0 Å². The lowest BCUT2D eigenvalue weighted by Crippen LogP contribution is -2.08. The summed E-state index contributed by atoms with van der Waals surface area (Å²) in [4.78, 5) is 12.0. The summed E-state index contributed by atoms with van der Waals surface area (Å²) in [6.45, 7) is 2.23. The van der Waals surface area contributed by atoms with E-state index in [-0.39, 0.29) is 10.6 Å². The molecule has 0 atom stereocenters. The van der Waals surface area contributed by atoms with Gasteiger partial charge in [0.1, 0.15) is 5.75 Å². The smallest absolute Gasteiger partial charge is 0.343 e. The molecule has 0 saturated carbocycles. The summed E-state index contributed by atoms with van der Waals surface area (Å²) in [7, 11) is -4.26. The predicted molar refractivity (Wildman–Crippen MR) is 114 cm³/mol. The summed E-state index contributed by atoms with van der Waals surface area (Å²) in [6.07, 6.45) is 11.3. The normalized spacial score (nSPS) is 11.4. The summed E-state index contributed by atoms with van der Waals surface area (Å²) < 4.78 is 36.3. The number of rotatable bonds is 12. The van der Waals surface area contributed by atoms with Crippen LogP contribution in [0.5, 0.6) is 5.75 Å². The fraction of sp³-hybridized carbons (Fsp3) is 0.435. The zero-order chi connectivity index (χ0) is 21.1. The third kappa shape index (κ3) is 8.38. The molecule has 0 radical (unpaired) electrons. The maximum atomic E-state index is 12.2. The van der Waals surface area contributed by atoms with Crippen LogP contribution in [0.3, 0.4) is 0 Å². The van der Waals surface area contributed by atoms with E-state index in [0.717, 1.165) is 12.8 Å². The predicted octanol–water partition coefficient (Wildman–Crippen LogP) is 5.84. The number of esters is 1. The lowest BCUT2D eigenvalue weighted by molar-refractivity contribution is 0.0734. The average molecular weight is 419 g/mol. The first-order chi connectivity index (χ1) is 13.9. The Bertz CT molecular complexity index is 855. The van der Waals surface area contributed by atoms with Crippen LogP contribution in [0.4, 0.5) is 0 Å². The summed E-state index contributed by atoms with van der Waals surface area (Å²) in [5.41, 5.74) is 1.63. The highest BCUT2D eigenvalue weighted by Gasteiger charge is 2.12. The van der Waals surface area contributed by atoms with Crippen LogP contribution in [0.25, 0.3) is 0 Å². The summed E-state index contributed by atoms with van der Waals surface area (Å²) in [5, 5.41) is 0. The minimum atomic E-state index is -4.26. The van der Waals surface area contributed by atoms with Gasteiger partial charge in [0.2, 0.25) is 0 Å². The quantitative estimate of drug-likeness (QED) is 0.203. The Hall–Kier alpha value is -2.18. The molecule has 0 aromatic heterocycles. The molecule has 2 aromatic carbocycles. The van der Waals surface area contributed by atoms with Gasteiger partial charge in [0.15, 0.2) is 0 Å². The third-order valence-corrected chi connectivity index (χ3v) is 5.71. The fourth-order valence-electron chi connectivity index (χ4n) is 3.12. The Labute approximate surface area is 173 Å². The van der Waals surface area contributed by atoms with E-state index in [4.69, 9.17) is 9.29 Å². The van der Waals surface area contributed by atoms with Gasteiger partial charge in [0.25, 0.3) is 10.1 Å². The van der Waals surface area contributed by atoms with Crippen molar-refractivity contribution in [1.29, 1.82) is 0 Å². The van der Waals surface area contributed by atoms with E-state index in [2.05, 4.69) is 6.92 Å². The molecule has 5 nitrogen and oxygen atoms in total. The topological polar surface area (TPSA) is 80.7 Å². The second-order valence-electron chi connectivity index (χ2n) is 7.26. The van der Waals surface area contributed by atoms with E-state index >= 15 is 0 Å². The molecule has 2 rings (SSSR count). The van der Waals surface area contributed by atoms with E-state index < -0.39 is 16.1 Å². The van der Waals surface area contributed by atoms with Crippen molar-refractivity contribution in [3.8, 4) is 5.75 Å². The molecule has 1 N–H and O–H groups in total. The molecule has 0 amide bonds. The average Bonchev–Trinajstić information content (AvgIpc) is 2.70. The minimum Gasteiger partial charge on any atom is -0.423 e. The molecule has 0 heterocycles. The molecule has 0 unspecified atom stereocenters. The van der Waals surface area contributed by atoms with Crippen molar-refractivity contribution in [2.45, 2.75) is 69.6 Å². The highest BCUT2D eigenvalue weighted by Crippen LogP contribution is 2.18. The number of hydrogen-bond acceptors (Lipinski definition) is 4. The number of aryl methyl sites for hydroxylation is 1. The molecule has 0 bridgehead atoms. The van der Waals surface area contributed by atoms with Gasteiger partial charge in [0.05, 0.1) is 10.5 Å². The zero-order valence-electron chi connectivity index (χ0n) is 17.0. The second-order valence-corrected chi connectivity index (χ2v) is 8.68. The molecule has 0 spiro atoms. The van der Waals surface area contributed by atoms with Crippen LogP contribution in [-0.2, 0) is 16.5 Å². The van der Waals surface area contributed by atoms with Gasteiger partial charge in [0, 0.05) is 0 Å². The van der Waals surface area contributed by atoms with E-state index in [1.807, 2.05) is 12.1 Å². The Morgan fingerprint density at radius 1 is 0.828 bits per heavy atom. The van der Waals surface area contributed by atoms with Crippen LogP contribution >= 0.6 is 0 Å². The van der Waals surface area contributed by atoms with Crippen LogP contribution in [0.1, 0.15) is 74.2 Å². The van der Waals surface area contributed by atoms with Gasteiger partial charge in [-0.2, -0.15) is 8.42 Å². The molecule has 0 aliphatic carbocycles. The van der Waals surface area contributed by atoms with Crippen LogP contribution in [0, 0.1) is 0 Å². The lowest BCUT2D eigenvalue weighted by Gasteiger charge is -2.06. The molecule has 29 heavy (non-hydrogen) atoms. The molecular formula is C23H30O5S. The monoisotopic (exact) mass is 418 g/mol. The van der Waals surface area contributed by atoms with E-state index in [1.165, 1.54) is 74.8 Å². The zero-order valence-corrected chi connectivity index (χ0v) is 17.8. The number of unbranched alkanes of at least 4 members (excludes halogenated alkanes) is 7. The van der Waals surface area contributed by atoms with Gasteiger partial charge in [-0.25, -0.2) is 4.79 Å². The molecule has 0 aliphatic rings. The molecule has 2 aromatic rings. The van der Waals surface area contributed by atoms with Gasteiger partial charge in [-0.3, -0.25) is 4.55 Å². The van der Waals surface area contributed by atoms with Crippen molar-refractivity contribution < 1.29 is 22.5 Å². The molecule has 0 fully saturated rings. The van der Waals surface area contributed by atoms with Gasteiger partial charge < -0.3 is 4.74 Å². The molecule has 0 saturated heterocycles. The number of carbonyl (C=O) groups is 1. The maximum absolute atomic E-state index is 12.2. The Morgan fingerprint density at radius 3 is 1.93 bits per heavy atom. The molecule has 6 heteroatoms. The first-order valence-electron chi connectivity index (χ1n) is 10.3. The van der Waals surface area contributed by atoms with Crippen molar-refractivity contribution in [3.63, 3.8) is 0 Å². The van der Waals surface area contributed by atoms with Gasteiger partial charge in [-0.1, -0.05) is 64.0 Å². The first-order valence-corrected chi connectivity index (χ1v) is 11.7. The van der Waals surface area contributed by atoms with Crippen molar-refractivity contribution >= 4 is 16.1 Å². The first kappa shape index (κ1) is 23.1. The Morgan fingerprint density at radius 2 is 1.38 bits per heavy atom. The molecule has 0 aliphatic heterocycles. The number of benzene rings is 2. The van der Waals surface area contributed by atoms with E-state index in [9.17, 15) is 13.2 Å². The largest absolute Gasteiger partial charge is 0.423 e. The molecular weight excluding hydrogens is 388 g/mol. The number of carbonyl (C=O) groups excluding carboxylic acids is 1. The van der Waals surface area contributed by atoms with Gasteiger partial charge in [-0.05, 0) is 54.8 Å². The summed E-state index contributed by atoms with van der Waals surface area (Å²) in [6, 6.07) is 12.4. The van der Waals surface area contributed by atoms with Crippen molar-refractivity contribution in [3.05, 3.63) is 59.7 Å². The van der Waals surface area contributed by atoms with E-state index in [0.29, 0.717) is 5.56 Å². The van der Waals surface area contributed by atoms with Crippen LogP contribution < -0.4 is 4.74 Å². The maximum Gasteiger partial charge on any atom is 0.343 e. The molecule has 158 valence electrons. The van der Waals surface area contributed by atoms with Crippen LogP contribution in [-0.4, -0.2) is 18.9 Å². The summed E-state index contributed by atoms with van der Waals surface area (Å²) in [5.74, 6) is -0.298. The standard InChI is InChI=1S/C23H30O5S/c1-2-3-4-5-6-7-8-9-10-19-11-13-20(14-12-19)23(24)28-21-15-17-22(18-16-21)29(25,26)27/h11-18H,2-10H2,1H3,(H,25,26,27). The van der Waals surface area contributed by atoms with Crippen molar-refractivity contribution in [1.82, 2.24) is 0 Å². The van der Waals surface area contributed by atoms with Crippen LogP contribution in [0.15, 0.2) is 53.4 Å². The van der Waals surface area contributed by atoms with Crippen LogP contribution in [0.2, 0.25) is 0 Å². The second kappa shape index (κ2) is 11.7. The van der Waals surface area contributed by atoms with Crippen molar-refractivity contribution in [2.24, 2.45) is 0 Å². The Kier molecular flexibility index (Phi) is 9.35. The highest BCUT2D eigenvalue weighted by molar-refractivity contribution is 7.85. The number of ether oxygens (including phenoxy) is 1. The Balaban J connectivity index is 1.75. The fourth-order valence-corrected chi connectivity index (χ4v) is 3.60. The third-order valence-electron chi connectivity index (χ3n) is 4.84. The summed E-state index contributed by atoms with van der Waals surface area (Å²) >= 11 is 0. The van der Waals surface area contributed by atoms with Crippen molar-refractivity contribution in [2.75, 3.05) is 0 Å². The SMILES string of the molecule is CCCCCCCCCCc1ccc(C(=O)Oc2ccc(S(=O)(=O)O)cc2)cc1. The lowest BCUT2D eigenvalue weighted by atomic mass is 10.0. The highest BCUT2D eigenvalue weighted by atomic mass is 32.2. The van der Waals surface area contributed by atoms with E-state index in [1.54, 1.807) is 12.1 Å². The van der Waals surface area contributed by atoms with Gasteiger partial charge >= 0.3 is 5.97 Å². The minimum absolute atomic E-state index is 0.213. The number of hydrogen-bond donors (Lipinski definition) is 1.